The van der Waals surface area contributed by atoms with Gasteiger partial charge in [-0.2, -0.15) is 0 Å². The second kappa shape index (κ2) is 8.08. The number of rotatable bonds is 8. The highest BCUT2D eigenvalue weighted by molar-refractivity contribution is 7.15. The maximum Gasteiger partial charge on any atom is 0.185 e. The number of hydrogen-bond donors (Lipinski definition) is 1. The Kier molecular flexibility index (Phi) is 6.41. The zero-order valence-electron chi connectivity index (χ0n) is 13.7. The van der Waals surface area contributed by atoms with Gasteiger partial charge < -0.3 is 19.9 Å². The molecule has 0 spiro atoms. The molecule has 1 aliphatic heterocycles. The van der Waals surface area contributed by atoms with Gasteiger partial charge in [0.1, 0.15) is 0 Å². The predicted molar refractivity (Wildman–Crippen MR) is 89.3 cm³/mol. The van der Waals surface area contributed by atoms with Crippen LogP contribution in [0.3, 0.4) is 0 Å². The van der Waals surface area contributed by atoms with Crippen molar-refractivity contribution >= 4 is 16.5 Å². The van der Waals surface area contributed by atoms with E-state index in [0.717, 1.165) is 43.0 Å². The summed E-state index contributed by atoms with van der Waals surface area (Å²) in [5, 5.41) is 4.54. The van der Waals surface area contributed by atoms with Crippen molar-refractivity contribution in [3.63, 3.8) is 0 Å². The van der Waals surface area contributed by atoms with E-state index < -0.39 is 0 Å². The lowest BCUT2D eigenvalue weighted by Gasteiger charge is -2.20. The fraction of sp³-hybridized carbons (Fsp3) is 0.800. The first-order valence-corrected chi connectivity index (χ1v) is 8.47. The third-order valence-electron chi connectivity index (χ3n) is 4.00. The summed E-state index contributed by atoms with van der Waals surface area (Å²) >= 11 is 1.81. The molecule has 0 aliphatic carbocycles. The van der Waals surface area contributed by atoms with Gasteiger partial charge in [-0.25, -0.2) is 4.98 Å². The van der Waals surface area contributed by atoms with Crippen molar-refractivity contribution in [2.45, 2.75) is 19.9 Å². The van der Waals surface area contributed by atoms with Gasteiger partial charge in [-0.1, -0.05) is 0 Å². The number of methoxy groups -OCH3 is 1. The van der Waals surface area contributed by atoms with Gasteiger partial charge in [0, 0.05) is 45.2 Å². The quantitative estimate of drug-likeness (QED) is 0.738. The van der Waals surface area contributed by atoms with Crippen molar-refractivity contribution in [3.8, 4) is 0 Å². The summed E-state index contributed by atoms with van der Waals surface area (Å²) in [6, 6.07) is 0. The van der Waals surface area contributed by atoms with E-state index in [9.17, 15) is 0 Å². The number of aryl methyl sites for hydroxylation is 1. The van der Waals surface area contributed by atoms with Crippen LogP contribution in [0, 0.1) is 12.8 Å². The normalized spacial score (nSPS) is 19.3. The highest BCUT2D eigenvalue weighted by Gasteiger charge is 2.22. The molecule has 0 radical (unpaired) electrons. The standard InChI is InChI=1S/C15H28N4OS/c1-12-14(9-16-6-8-20-4)21-15(17-12)19(3)11-13-5-7-18(2)10-13/h13,16H,5-11H2,1-4H3. The molecule has 2 rings (SSSR count). The summed E-state index contributed by atoms with van der Waals surface area (Å²) in [4.78, 5) is 10.8. The summed E-state index contributed by atoms with van der Waals surface area (Å²) in [6.45, 7) is 8.16. The second-order valence-electron chi connectivity index (χ2n) is 5.97. The first-order chi connectivity index (χ1) is 10.1. The topological polar surface area (TPSA) is 40.6 Å². The average molecular weight is 312 g/mol. The zero-order valence-corrected chi connectivity index (χ0v) is 14.5. The van der Waals surface area contributed by atoms with Crippen molar-refractivity contribution < 1.29 is 4.74 Å². The van der Waals surface area contributed by atoms with Gasteiger partial charge in [-0.05, 0) is 32.9 Å². The predicted octanol–water partition coefficient (Wildman–Crippen LogP) is 1.58. The first-order valence-electron chi connectivity index (χ1n) is 7.65. The minimum absolute atomic E-state index is 0.750. The van der Waals surface area contributed by atoms with E-state index in [1.54, 1.807) is 7.11 Å². The van der Waals surface area contributed by atoms with Crippen LogP contribution >= 0.6 is 11.3 Å². The number of nitrogens with one attached hydrogen (secondary N) is 1. The molecule has 5 nitrogen and oxygen atoms in total. The Bertz CT molecular complexity index is 437. The minimum atomic E-state index is 0.750. The number of aromatic nitrogens is 1. The molecule has 6 heteroatoms. The maximum absolute atomic E-state index is 5.05. The average Bonchev–Trinajstić information content (AvgIpc) is 3.01. The number of likely N-dealkylation sites (tertiary alicyclic amines) is 1. The summed E-state index contributed by atoms with van der Waals surface area (Å²) in [5.74, 6) is 0.771. The van der Waals surface area contributed by atoms with Gasteiger partial charge in [0.15, 0.2) is 5.13 Å². The lowest BCUT2D eigenvalue weighted by Crippen LogP contribution is -2.27. The third-order valence-corrected chi connectivity index (χ3v) is 5.27. The molecule has 1 N–H and O–H groups in total. The van der Waals surface area contributed by atoms with Crippen LogP contribution in [0.25, 0.3) is 0 Å². The fourth-order valence-corrected chi connectivity index (χ4v) is 3.76. The highest BCUT2D eigenvalue weighted by Crippen LogP contribution is 2.27. The van der Waals surface area contributed by atoms with Crippen LogP contribution in [0.4, 0.5) is 5.13 Å². The molecule has 1 unspecified atom stereocenters. The molecule has 0 aromatic carbocycles. The van der Waals surface area contributed by atoms with Crippen molar-refractivity contribution in [3.05, 3.63) is 10.6 Å². The van der Waals surface area contributed by atoms with Crippen LogP contribution < -0.4 is 10.2 Å². The summed E-state index contributed by atoms with van der Waals surface area (Å²) in [5.41, 5.74) is 1.15. The molecule has 0 bridgehead atoms. The van der Waals surface area contributed by atoms with Crippen LogP contribution in [0.15, 0.2) is 0 Å². The molecule has 2 heterocycles. The molecule has 21 heavy (non-hydrogen) atoms. The molecule has 1 atom stereocenters. The van der Waals surface area contributed by atoms with Crippen molar-refractivity contribution in [1.82, 2.24) is 15.2 Å². The Hall–Kier alpha value is -0.690. The van der Waals surface area contributed by atoms with E-state index in [1.807, 2.05) is 11.3 Å². The molecule has 0 saturated carbocycles. The Labute approximate surface area is 132 Å². The smallest absolute Gasteiger partial charge is 0.185 e. The molecule has 120 valence electrons. The third kappa shape index (κ3) is 4.92. The molecule has 1 saturated heterocycles. The van der Waals surface area contributed by atoms with E-state index in [-0.39, 0.29) is 0 Å². The van der Waals surface area contributed by atoms with Gasteiger partial charge >= 0.3 is 0 Å². The molecule has 1 aromatic rings. The van der Waals surface area contributed by atoms with Crippen molar-refractivity contribution in [2.24, 2.45) is 5.92 Å². The van der Waals surface area contributed by atoms with Gasteiger partial charge in [0.05, 0.1) is 12.3 Å². The Morgan fingerprint density at radius 3 is 3.00 bits per heavy atom. The van der Waals surface area contributed by atoms with Crippen LogP contribution in [-0.4, -0.2) is 63.9 Å². The van der Waals surface area contributed by atoms with Gasteiger partial charge in [-0.15, -0.1) is 11.3 Å². The van der Waals surface area contributed by atoms with Gasteiger partial charge in [0.25, 0.3) is 0 Å². The molecular weight excluding hydrogens is 284 g/mol. The molecule has 1 fully saturated rings. The number of hydrogen-bond acceptors (Lipinski definition) is 6. The van der Waals surface area contributed by atoms with Crippen molar-refractivity contribution in [1.29, 1.82) is 0 Å². The van der Waals surface area contributed by atoms with E-state index >= 15 is 0 Å². The molecule has 1 aliphatic rings. The fourth-order valence-electron chi connectivity index (χ4n) is 2.76. The van der Waals surface area contributed by atoms with E-state index in [2.05, 4.69) is 36.1 Å². The van der Waals surface area contributed by atoms with Crippen LogP contribution in [0.1, 0.15) is 17.0 Å². The first kappa shape index (κ1) is 16.7. The minimum Gasteiger partial charge on any atom is -0.383 e. The molecular formula is C15H28N4OS. The largest absolute Gasteiger partial charge is 0.383 e. The summed E-state index contributed by atoms with van der Waals surface area (Å²) in [7, 11) is 6.10. The summed E-state index contributed by atoms with van der Waals surface area (Å²) in [6.07, 6.45) is 1.30. The van der Waals surface area contributed by atoms with E-state index in [4.69, 9.17) is 9.72 Å². The SMILES string of the molecule is COCCNCc1sc(N(C)CC2CCN(C)C2)nc1C. The molecule has 0 amide bonds. The number of anilines is 1. The molecule has 1 aromatic heterocycles. The Morgan fingerprint density at radius 2 is 2.33 bits per heavy atom. The van der Waals surface area contributed by atoms with Crippen LogP contribution in [0.5, 0.6) is 0 Å². The van der Waals surface area contributed by atoms with E-state index in [0.29, 0.717) is 0 Å². The van der Waals surface area contributed by atoms with Gasteiger partial charge in [0.2, 0.25) is 0 Å². The van der Waals surface area contributed by atoms with Crippen LogP contribution in [0.2, 0.25) is 0 Å². The van der Waals surface area contributed by atoms with Gasteiger partial charge in [-0.3, -0.25) is 0 Å². The lowest BCUT2D eigenvalue weighted by molar-refractivity contribution is 0.199. The number of thiazole rings is 1. The Balaban J connectivity index is 1.85. The maximum atomic E-state index is 5.05. The monoisotopic (exact) mass is 312 g/mol. The van der Waals surface area contributed by atoms with E-state index in [1.165, 1.54) is 24.4 Å². The second-order valence-corrected chi connectivity index (χ2v) is 7.03. The Morgan fingerprint density at radius 1 is 1.52 bits per heavy atom. The highest BCUT2D eigenvalue weighted by atomic mass is 32.1. The van der Waals surface area contributed by atoms with Crippen LogP contribution in [-0.2, 0) is 11.3 Å². The number of nitrogens with zero attached hydrogens (tertiary/aromatic N) is 3. The lowest BCUT2D eigenvalue weighted by atomic mass is 10.1. The zero-order chi connectivity index (χ0) is 15.2. The summed E-state index contributed by atoms with van der Waals surface area (Å²) < 4.78 is 5.05. The van der Waals surface area contributed by atoms with Crippen molar-refractivity contribution in [2.75, 3.05) is 58.9 Å². The number of ether oxygens (including phenoxy) is 1.